The molecule has 0 bridgehead atoms. The van der Waals surface area contributed by atoms with E-state index >= 15 is 0 Å². The topological polar surface area (TPSA) is 65.5 Å². The Labute approximate surface area is 182 Å². The van der Waals surface area contributed by atoms with Crippen LogP contribution in [0.3, 0.4) is 0 Å². The molecule has 1 aromatic heterocycles. The lowest BCUT2D eigenvalue weighted by molar-refractivity contribution is -0.120. The van der Waals surface area contributed by atoms with E-state index in [2.05, 4.69) is 21.3 Å². The normalized spacial score (nSPS) is 21.4. The van der Waals surface area contributed by atoms with E-state index in [1.54, 1.807) is 11.0 Å². The van der Waals surface area contributed by atoms with Crippen LogP contribution in [-0.2, 0) is 4.79 Å². The first-order chi connectivity index (χ1) is 14.9. The highest BCUT2D eigenvalue weighted by Gasteiger charge is 2.35. The number of piperazine rings is 1. The van der Waals surface area contributed by atoms with Gasteiger partial charge in [0.2, 0.25) is 5.91 Å². The van der Waals surface area contributed by atoms with Gasteiger partial charge < -0.3 is 15.1 Å². The van der Waals surface area contributed by atoms with Gasteiger partial charge in [-0.2, -0.15) is 0 Å². The maximum absolute atomic E-state index is 14.9. The zero-order valence-electron chi connectivity index (χ0n) is 18.3. The minimum Gasteiger partial charge on any atom is -0.355 e. The molecule has 1 N–H and O–H groups in total. The second kappa shape index (κ2) is 8.65. The highest BCUT2D eigenvalue weighted by atomic mass is 19.1. The molecule has 0 aliphatic carbocycles. The summed E-state index contributed by atoms with van der Waals surface area (Å²) in [6.07, 6.45) is 2.69. The van der Waals surface area contributed by atoms with E-state index in [1.807, 2.05) is 27.0 Å². The van der Waals surface area contributed by atoms with Gasteiger partial charge in [0.25, 0.3) is 5.91 Å². The number of rotatable bonds is 4. The third-order valence-electron chi connectivity index (χ3n) is 6.45. The summed E-state index contributed by atoms with van der Waals surface area (Å²) in [4.78, 5) is 33.6. The molecule has 1 unspecified atom stereocenters. The SMILES string of the molecule is CCC1CNC(=O)[C@H]1c1ccc(C(=O)N2CCN(c3ncc(C)cc3C)CC2)c(F)c1. The number of carbonyl (C=O) groups excluding carboxylic acids is 2. The number of nitrogens with zero attached hydrogens (tertiary/aromatic N) is 3. The second-order valence-corrected chi connectivity index (χ2v) is 8.56. The Bertz CT molecular complexity index is 1000. The Hall–Kier alpha value is -2.96. The Kier molecular flexibility index (Phi) is 5.94. The molecule has 2 aliphatic rings. The van der Waals surface area contributed by atoms with Gasteiger partial charge in [0, 0.05) is 38.9 Å². The number of carbonyl (C=O) groups is 2. The van der Waals surface area contributed by atoms with E-state index in [-0.39, 0.29) is 29.2 Å². The van der Waals surface area contributed by atoms with Crippen molar-refractivity contribution in [2.75, 3.05) is 37.6 Å². The van der Waals surface area contributed by atoms with Crippen LogP contribution in [0.25, 0.3) is 0 Å². The summed E-state index contributed by atoms with van der Waals surface area (Å²) in [7, 11) is 0. The van der Waals surface area contributed by atoms with Crippen LogP contribution in [0.4, 0.5) is 10.2 Å². The first-order valence-electron chi connectivity index (χ1n) is 10.9. The summed E-state index contributed by atoms with van der Waals surface area (Å²) in [5.41, 5.74) is 2.94. The van der Waals surface area contributed by atoms with E-state index in [1.165, 1.54) is 12.1 Å². The van der Waals surface area contributed by atoms with Crippen molar-refractivity contribution in [1.82, 2.24) is 15.2 Å². The highest BCUT2D eigenvalue weighted by molar-refractivity contribution is 5.95. The number of hydrogen-bond acceptors (Lipinski definition) is 4. The van der Waals surface area contributed by atoms with Gasteiger partial charge in [0.1, 0.15) is 11.6 Å². The Morgan fingerprint density at radius 1 is 1.19 bits per heavy atom. The molecule has 0 spiro atoms. The summed E-state index contributed by atoms with van der Waals surface area (Å²) >= 11 is 0. The first kappa shape index (κ1) is 21.3. The van der Waals surface area contributed by atoms with Gasteiger partial charge in [-0.15, -0.1) is 0 Å². The Morgan fingerprint density at radius 2 is 1.94 bits per heavy atom. The molecule has 1 aromatic carbocycles. The van der Waals surface area contributed by atoms with Gasteiger partial charge in [0.15, 0.2) is 0 Å². The van der Waals surface area contributed by atoms with Gasteiger partial charge >= 0.3 is 0 Å². The smallest absolute Gasteiger partial charge is 0.256 e. The number of halogens is 1. The number of benzene rings is 1. The molecular formula is C24H29FN4O2. The maximum Gasteiger partial charge on any atom is 0.256 e. The van der Waals surface area contributed by atoms with Crippen LogP contribution in [0.1, 0.15) is 46.3 Å². The van der Waals surface area contributed by atoms with Crippen LogP contribution >= 0.6 is 0 Å². The number of aryl methyl sites for hydroxylation is 2. The van der Waals surface area contributed by atoms with Crippen LogP contribution in [0.15, 0.2) is 30.5 Å². The van der Waals surface area contributed by atoms with Crippen molar-refractivity contribution in [3.63, 3.8) is 0 Å². The molecule has 6 nitrogen and oxygen atoms in total. The van der Waals surface area contributed by atoms with Gasteiger partial charge in [-0.1, -0.05) is 25.5 Å². The van der Waals surface area contributed by atoms with Crippen LogP contribution < -0.4 is 10.2 Å². The van der Waals surface area contributed by atoms with Crippen molar-refractivity contribution >= 4 is 17.6 Å². The second-order valence-electron chi connectivity index (χ2n) is 8.56. The van der Waals surface area contributed by atoms with Crippen molar-refractivity contribution in [1.29, 1.82) is 0 Å². The zero-order chi connectivity index (χ0) is 22.1. The molecule has 2 fully saturated rings. The molecule has 0 saturated carbocycles. The molecule has 2 saturated heterocycles. The first-order valence-corrected chi connectivity index (χ1v) is 10.9. The predicted octanol–water partition coefficient (Wildman–Crippen LogP) is 3.04. The molecule has 7 heteroatoms. The lowest BCUT2D eigenvalue weighted by Crippen LogP contribution is -2.49. The number of pyridine rings is 1. The van der Waals surface area contributed by atoms with Crippen LogP contribution in [0.5, 0.6) is 0 Å². The number of amides is 2. The van der Waals surface area contributed by atoms with Crippen LogP contribution in [-0.4, -0.2) is 54.4 Å². The number of nitrogens with one attached hydrogen (secondary N) is 1. The van der Waals surface area contributed by atoms with Crippen molar-refractivity contribution in [3.05, 3.63) is 58.5 Å². The monoisotopic (exact) mass is 424 g/mol. The van der Waals surface area contributed by atoms with Crippen molar-refractivity contribution in [2.24, 2.45) is 5.92 Å². The van der Waals surface area contributed by atoms with Crippen molar-refractivity contribution in [3.8, 4) is 0 Å². The average Bonchev–Trinajstić information content (AvgIpc) is 3.14. The molecular weight excluding hydrogens is 395 g/mol. The Morgan fingerprint density at radius 3 is 2.58 bits per heavy atom. The summed E-state index contributed by atoms with van der Waals surface area (Å²) in [6, 6.07) is 6.72. The molecule has 164 valence electrons. The minimum atomic E-state index is -0.560. The van der Waals surface area contributed by atoms with Crippen molar-refractivity contribution < 1.29 is 14.0 Å². The van der Waals surface area contributed by atoms with E-state index in [4.69, 9.17) is 0 Å². The average molecular weight is 425 g/mol. The fourth-order valence-electron chi connectivity index (χ4n) is 4.71. The van der Waals surface area contributed by atoms with E-state index in [9.17, 15) is 14.0 Å². The highest BCUT2D eigenvalue weighted by Crippen LogP contribution is 2.32. The summed E-state index contributed by atoms with van der Waals surface area (Å²) < 4.78 is 14.9. The van der Waals surface area contributed by atoms with Crippen LogP contribution in [0.2, 0.25) is 0 Å². The number of anilines is 1. The lowest BCUT2D eigenvalue weighted by atomic mass is 9.86. The Balaban J connectivity index is 1.45. The van der Waals surface area contributed by atoms with E-state index in [0.717, 1.165) is 23.4 Å². The van der Waals surface area contributed by atoms with E-state index < -0.39 is 5.82 Å². The quantitative estimate of drug-likeness (QED) is 0.819. The van der Waals surface area contributed by atoms with Crippen LogP contribution in [0, 0.1) is 25.6 Å². The third-order valence-corrected chi connectivity index (χ3v) is 6.45. The van der Waals surface area contributed by atoms with Gasteiger partial charge in [-0.25, -0.2) is 9.37 Å². The molecule has 2 aromatic rings. The largest absolute Gasteiger partial charge is 0.355 e. The molecule has 4 rings (SSSR count). The van der Waals surface area contributed by atoms with E-state index in [0.29, 0.717) is 38.3 Å². The minimum absolute atomic E-state index is 0.0632. The molecule has 31 heavy (non-hydrogen) atoms. The van der Waals surface area contributed by atoms with Gasteiger partial charge in [-0.05, 0) is 48.6 Å². The molecule has 2 atom stereocenters. The fraction of sp³-hybridized carbons (Fsp3) is 0.458. The maximum atomic E-state index is 14.9. The number of hydrogen-bond donors (Lipinski definition) is 1. The predicted molar refractivity (Wildman–Crippen MR) is 118 cm³/mol. The zero-order valence-corrected chi connectivity index (χ0v) is 18.3. The standard InChI is InChI=1S/C24H29FN4O2/c1-4-17-14-27-23(30)21(17)18-5-6-19(20(25)12-18)24(31)29-9-7-28(8-10-29)22-16(3)11-15(2)13-26-22/h5-6,11-13,17,21H,4,7-10,14H2,1-3H3,(H,27,30)/t17?,21-/m1/s1. The fourth-order valence-corrected chi connectivity index (χ4v) is 4.71. The molecule has 2 amide bonds. The molecule has 3 heterocycles. The molecule has 0 radical (unpaired) electrons. The van der Waals surface area contributed by atoms with Gasteiger partial charge in [-0.3, -0.25) is 9.59 Å². The lowest BCUT2D eigenvalue weighted by Gasteiger charge is -2.36. The summed E-state index contributed by atoms with van der Waals surface area (Å²) in [6.45, 7) is 9.03. The summed E-state index contributed by atoms with van der Waals surface area (Å²) in [5.74, 6) is -0.191. The summed E-state index contributed by atoms with van der Waals surface area (Å²) in [5, 5.41) is 2.86. The van der Waals surface area contributed by atoms with Gasteiger partial charge in [0.05, 0.1) is 11.5 Å². The van der Waals surface area contributed by atoms with Crippen molar-refractivity contribution in [2.45, 2.75) is 33.1 Å². The number of aromatic nitrogens is 1. The molecule has 2 aliphatic heterocycles. The third kappa shape index (κ3) is 4.13.